The highest BCUT2D eigenvalue weighted by molar-refractivity contribution is 7.98. The van der Waals surface area contributed by atoms with E-state index in [1.54, 1.807) is 11.8 Å². The highest BCUT2D eigenvalue weighted by atomic mass is 32.2. The molecule has 0 aliphatic rings. The molecule has 0 spiro atoms. The molecule has 0 heterocycles. The maximum Gasteiger partial charge on any atom is 0.364 e. The van der Waals surface area contributed by atoms with Gasteiger partial charge in [0.05, 0.1) is 0 Å². The summed E-state index contributed by atoms with van der Waals surface area (Å²) in [6, 6.07) is 0. The molecule has 0 radical (unpaired) electrons. The van der Waals surface area contributed by atoms with Crippen molar-refractivity contribution in [2.75, 3.05) is 25.7 Å². The minimum absolute atomic E-state index is 0.0129. The molecule has 0 atom stereocenters. The molecule has 0 saturated heterocycles. The average molecular weight is 291 g/mol. The first-order chi connectivity index (χ1) is 8.31. The molecule has 0 unspecified atom stereocenters. The Morgan fingerprint density at radius 2 is 2.00 bits per heavy atom. The Morgan fingerprint density at radius 3 is 2.44 bits per heavy atom. The van der Waals surface area contributed by atoms with Gasteiger partial charge in [0.1, 0.15) is 19.5 Å². The summed E-state index contributed by atoms with van der Waals surface area (Å²) >= 11 is 1.59. The Kier molecular flexibility index (Phi) is 7.77. The number of carbonyl (C=O) groups excluding carboxylic acids is 1. The molecule has 0 aromatic carbocycles. The van der Waals surface area contributed by atoms with Crippen molar-refractivity contribution in [1.82, 2.24) is 0 Å². The highest BCUT2D eigenvalue weighted by Crippen LogP contribution is 2.11. The minimum Gasteiger partial charge on any atom is -0.543 e. The maximum atomic E-state index is 11.8. The number of thioether (sulfide) groups is 1. The van der Waals surface area contributed by atoms with Crippen LogP contribution in [0.4, 0.5) is 0 Å². The van der Waals surface area contributed by atoms with Crippen molar-refractivity contribution in [3.05, 3.63) is 12.3 Å². The lowest BCUT2D eigenvalue weighted by Gasteiger charge is -2.20. The molecule has 0 aromatic heterocycles. The van der Waals surface area contributed by atoms with Crippen molar-refractivity contribution >= 4 is 31.8 Å². The summed E-state index contributed by atoms with van der Waals surface area (Å²) in [5.41, 5.74) is -0.0129. The quantitative estimate of drug-likeness (QED) is 0.171. The van der Waals surface area contributed by atoms with Crippen molar-refractivity contribution in [1.29, 1.82) is 0 Å². The molecule has 0 aromatic rings. The van der Waals surface area contributed by atoms with Gasteiger partial charge in [-0.2, -0.15) is 11.8 Å². The van der Waals surface area contributed by atoms with E-state index in [0.717, 1.165) is 5.75 Å². The van der Waals surface area contributed by atoms with Gasteiger partial charge < -0.3 is 14.0 Å². The molecular formula is C11H21NO4SSi. The van der Waals surface area contributed by atoms with E-state index in [1.807, 2.05) is 25.9 Å². The number of esters is 1. The average Bonchev–Trinajstić information content (AvgIpc) is 2.23. The van der Waals surface area contributed by atoms with Crippen LogP contribution in [-0.2, 0) is 18.8 Å². The zero-order valence-electron chi connectivity index (χ0n) is 11.6. The molecule has 0 N–H and O–H groups in total. The van der Waals surface area contributed by atoms with Gasteiger partial charge in [-0.05, 0) is 25.9 Å². The topological polar surface area (TPSA) is 57.1 Å². The van der Waals surface area contributed by atoms with Crippen molar-refractivity contribution in [2.45, 2.75) is 19.6 Å². The molecule has 104 valence electrons. The van der Waals surface area contributed by atoms with Gasteiger partial charge in [0.15, 0.2) is 0 Å². The largest absolute Gasteiger partial charge is 0.543 e. The first kappa shape index (κ1) is 17.0. The Labute approximate surface area is 114 Å². The molecule has 0 aliphatic heterocycles. The van der Waals surface area contributed by atoms with Crippen LogP contribution in [0.5, 0.6) is 0 Å². The molecule has 0 fully saturated rings. The van der Waals surface area contributed by atoms with Gasteiger partial charge in [-0.25, -0.2) is 4.79 Å². The number of hydrogen-bond donors (Lipinski definition) is 0. The van der Waals surface area contributed by atoms with Gasteiger partial charge in [0, 0.05) is 5.75 Å². The standard InChI is InChI=1S/C11H21NO4SSi/c1-9(16-18(4,5)6)10(12-14-2)11(13)15-7-8-17-3/h1,7-8H2,2-6H3. The second-order valence-corrected chi connectivity index (χ2v) is 9.80. The molecule has 0 saturated carbocycles. The third kappa shape index (κ3) is 7.39. The van der Waals surface area contributed by atoms with Crippen LogP contribution in [0.25, 0.3) is 0 Å². The number of nitrogens with zero attached hydrogens (tertiary/aromatic N) is 1. The number of carbonyl (C=O) groups is 1. The first-order valence-electron chi connectivity index (χ1n) is 5.47. The Balaban J connectivity index is 4.61. The first-order valence-corrected chi connectivity index (χ1v) is 10.3. The zero-order valence-corrected chi connectivity index (χ0v) is 13.4. The Morgan fingerprint density at radius 1 is 1.39 bits per heavy atom. The Hall–Kier alpha value is -0.953. The second kappa shape index (κ2) is 8.20. The fourth-order valence-corrected chi connectivity index (χ4v) is 2.08. The number of hydrogen-bond acceptors (Lipinski definition) is 6. The van der Waals surface area contributed by atoms with Crippen LogP contribution < -0.4 is 0 Å². The highest BCUT2D eigenvalue weighted by Gasteiger charge is 2.25. The van der Waals surface area contributed by atoms with E-state index in [0.29, 0.717) is 6.61 Å². The molecule has 18 heavy (non-hydrogen) atoms. The normalized spacial score (nSPS) is 11.9. The van der Waals surface area contributed by atoms with Crippen molar-refractivity contribution in [3.8, 4) is 0 Å². The van der Waals surface area contributed by atoms with Crippen molar-refractivity contribution < 1.29 is 18.8 Å². The van der Waals surface area contributed by atoms with Crippen LogP contribution in [0.15, 0.2) is 17.5 Å². The monoisotopic (exact) mass is 291 g/mol. The molecule has 7 heteroatoms. The van der Waals surface area contributed by atoms with E-state index in [-0.39, 0.29) is 11.5 Å². The lowest BCUT2D eigenvalue weighted by molar-refractivity contribution is -0.135. The van der Waals surface area contributed by atoms with Gasteiger partial charge in [0.2, 0.25) is 14.0 Å². The summed E-state index contributed by atoms with van der Waals surface area (Å²) in [6.45, 7) is 9.99. The zero-order chi connectivity index (χ0) is 14.2. The van der Waals surface area contributed by atoms with Gasteiger partial charge in [-0.15, -0.1) is 0 Å². The van der Waals surface area contributed by atoms with Crippen LogP contribution in [0.3, 0.4) is 0 Å². The van der Waals surface area contributed by atoms with E-state index < -0.39 is 14.3 Å². The van der Waals surface area contributed by atoms with Crippen LogP contribution in [-0.4, -0.2) is 45.7 Å². The van der Waals surface area contributed by atoms with Gasteiger partial charge in [0.25, 0.3) is 0 Å². The fourth-order valence-electron chi connectivity index (χ4n) is 0.997. The maximum absolute atomic E-state index is 11.8. The smallest absolute Gasteiger partial charge is 0.364 e. The van der Waals surface area contributed by atoms with Crippen molar-refractivity contribution in [3.63, 3.8) is 0 Å². The van der Waals surface area contributed by atoms with Crippen LogP contribution in [0, 0.1) is 0 Å². The van der Waals surface area contributed by atoms with E-state index in [4.69, 9.17) is 9.16 Å². The number of oxime groups is 1. The molecule has 0 bridgehead atoms. The van der Waals surface area contributed by atoms with E-state index in [2.05, 4.69) is 16.6 Å². The van der Waals surface area contributed by atoms with Crippen LogP contribution in [0.1, 0.15) is 0 Å². The predicted octanol–water partition coefficient (Wildman–Crippen LogP) is 2.26. The predicted molar refractivity (Wildman–Crippen MR) is 77.4 cm³/mol. The van der Waals surface area contributed by atoms with E-state index in [9.17, 15) is 4.79 Å². The summed E-state index contributed by atoms with van der Waals surface area (Å²) in [4.78, 5) is 16.4. The van der Waals surface area contributed by atoms with E-state index >= 15 is 0 Å². The number of rotatable bonds is 8. The summed E-state index contributed by atoms with van der Waals surface area (Å²) < 4.78 is 10.6. The molecule has 0 amide bonds. The third-order valence-electron chi connectivity index (χ3n) is 1.59. The van der Waals surface area contributed by atoms with E-state index in [1.165, 1.54) is 7.11 Å². The molecule has 5 nitrogen and oxygen atoms in total. The van der Waals surface area contributed by atoms with Gasteiger partial charge >= 0.3 is 5.97 Å². The Bertz CT molecular complexity index is 325. The lowest BCUT2D eigenvalue weighted by Crippen LogP contribution is -2.30. The van der Waals surface area contributed by atoms with Crippen LogP contribution in [0.2, 0.25) is 19.6 Å². The van der Waals surface area contributed by atoms with Gasteiger partial charge in [-0.1, -0.05) is 11.7 Å². The third-order valence-corrected chi connectivity index (χ3v) is 3.02. The van der Waals surface area contributed by atoms with Crippen molar-refractivity contribution in [2.24, 2.45) is 5.16 Å². The molecular weight excluding hydrogens is 270 g/mol. The summed E-state index contributed by atoms with van der Waals surface area (Å²) in [6.07, 6.45) is 1.94. The van der Waals surface area contributed by atoms with Gasteiger partial charge in [-0.3, -0.25) is 0 Å². The summed E-state index contributed by atoms with van der Waals surface area (Å²) in [5, 5.41) is 3.62. The lowest BCUT2D eigenvalue weighted by atomic mass is 10.3. The molecule has 0 aliphatic carbocycles. The SMILES string of the molecule is C=C(O[Si](C)(C)C)C(=NOC)C(=O)OCCSC. The minimum atomic E-state index is -1.84. The summed E-state index contributed by atoms with van der Waals surface area (Å²) in [7, 11) is -0.486. The molecule has 0 rings (SSSR count). The van der Waals surface area contributed by atoms with Crippen LogP contribution >= 0.6 is 11.8 Å². The second-order valence-electron chi connectivity index (χ2n) is 4.39. The fraction of sp³-hybridized carbons (Fsp3) is 0.636. The summed E-state index contributed by atoms with van der Waals surface area (Å²) in [5.74, 6) is 0.354. The number of ether oxygens (including phenoxy) is 1.